The van der Waals surface area contributed by atoms with Gasteiger partial charge in [0.25, 0.3) is 0 Å². The molecule has 0 unspecified atom stereocenters. The lowest BCUT2D eigenvalue weighted by Gasteiger charge is -2.21. The first-order valence-corrected chi connectivity index (χ1v) is 8.61. The predicted octanol–water partition coefficient (Wildman–Crippen LogP) is 7.21. The monoisotopic (exact) mass is 264 g/mol. The fourth-order valence-electron chi connectivity index (χ4n) is 3.10. The third kappa shape index (κ3) is 5.97. The summed E-state index contributed by atoms with van der Waals surface area (Å²) in [4.78, 5) is 0. The molecular formula is C19H36. The molecule has 0 atom stereocenters. The molecule has 112 valence electrons. The van der Waals surface area contributed by atoms with Gasteiger partial charge in [-0.2, -0.15) is 0 Å². The molecule has 0 aromatic rings. The Balaban J connectivity index is 5.68. The van der Waals surface area contributed by atoms with Crippen LogP contribution in [0.2, 0.25) is 0 Å². The topological polar surface area (TPSA) is 0 Å². The van der Waals surface area contributed by atoms with Crippen molar-refractivity contribution >= 4 is 0 Å². The van der Waals surface area contributed by atoms with Crippen LogP contribution in [0, 0.1) is 0 Å². The van der Waals surface area contributed by atoms with Gasteiger partial charge in [0.15, 0.2) is 0 Å². The zero-order valence-electron chi connectivity index (χ0n) is 14.4. The van der Waals surface area contributed by atoms with Gasteiger partial charge in [0, 0.05) is 0 Å². The van der Waals surface area contributed by atoms with Crippen LogP contribution in [-0.4, -0.2) is 0 Å². The van der Waals surface area contributed by atoms with E-state index in [-0.39, 0.29) is 0 Å². The first-order valence-electron chi connectivity index (χ1n) is 8.61. The predicted molar refractivity (Wildman–Crippen MR) is 89.6 cm³/mol. The summed E-state index contributed by atoms with van der Waals surface area (Å²) in [5.74, 6) is 0. The summed E-state index contributed by atoms with van der Waals surface area (Å²) in [6.07, 6.45) is 11.4. The highest BCUT2D eigenvalue weighted by Crippen LogP contribution is 2.32. The van der Waals surface area contributed by atoms with E-state index in [2.05, 4.69) is 41.5 Å². The molecule has 0 nitrogen and oxygen atoms in total. The van der Waals surface area contributed by atoms with Gasteiger partial charge >= 0.3 is 0 Å². The van der Waals surface area contributed by atoms with Gasteiger partial charge in [-0.1, -0.05) is 72.0 Å². The van der Waals surface area contributed by atoms with Gasteiger partial charge in [0.05, 0.1) is 0 Å². The summed E-state index contributed by atoms with van der Waals surface area (Å²) in [5, 5.41) is 0. The van der Waals surface area contributed by atoms with Crippen molar-refractivity contribution in [3.8, 4) is 0 Å². The highest BCUT2D eigenvalue weighted by Gasteiger charge is 2.12. The summed E-state index contributed by atoms with van der Waals surface area (Å²) in [7, 11) is 0. The number of hydrogen-bond donors (Lipinski definition) is 0. The van der Waals surface area contributed by atoms with E-state index in [9.17, 15) is 0 Å². The normalized spacial score (nSPS) is 12.3. The zero-order valence-corrected chi connectivity index (χ0v) is 14.4. The molecule has 0 aliphatic rings. The van der Waals surface area contributed by atoms with E-state index >= 15 is 0 Å². The Hall–Kier alpha value is -0.520. The van der Waals surface area contributed by atoms with E-state index in [1.807, 2.05) is 0 Å². The molecule has 0 aromatic carbocycles. The lowest BCUT2D eigenvalue weighted by molar-refractivity contribution is 0.770. The van der Waals surface area contributed by atoms with E-state index in [4.69, 9.17) is 0 Å². The number of rotatable bonds is 10. The van der Waals surface area contributed by atoms with Crippen LogP contribution in [0.5, 0.6) is 0 Å². The summed E-state index contributed by atoms with van der Waals surface area (Å²) in [5.41, 5.74) is 6.88. The smallest absolute Gasteiger partial charge is 0.0279 e. The van der Waals surface area contributed by atoms with Crippen LogP contribution in [0.3, 0.4) is 0 Å². The summed E-state index contributed by atoms with van der Waals surface area (Å²) in [6.45, 7) is 13.9. The third-order valence-electron chi connectivity index (χ3n) is 4.05. The van der Waals surface area contributed by atoms with E-state index in [1.165, 1.54) is 57.8 Å². The van der Waals surface area contributed by atoms with Crippen LogP contribution in [-0.2, 0) is 0 Å². The minimum Gasteiger partial charge on any atom is -0.0673 e. The van der Waals surface area contributed by atoms with Crippen molar-refractivity contribution in [3.05, 3.63) is 22.3 Å². The molecule has 19 heavy (non-hydrogen) atoms. The molecule has 0 aliphatic heterocycles. The third-order valence-corrected chi connectivity index (χ3v) is 4.05. The number of allylic oxidation sites excluding steroid dienone is 4. The van der Waals surface area contributed by atoms with Crippen molar-refractivity contribution in [2.75, 3.05) is 0 Å². The second-order valence-corrected chi connectivity index (χ2v) is 5.47. The Morgan fingerprint density at radius 2 is 0.842 bits per heavy atom. The molecule has 0 spiro atoms. The van der Waals surface area contributed by atoms with Gasteiger partial charge < -0.3 is 0 Å². The maximum atomic E-state index is 2.34. The van der Waals surface area contributed by atoms with Crippen LogP contribution in [0.1, 0.15) is 99.3 Å². The van der Waals surface area contributed by atoms with Crippen molar-refractivity contribution < 1.29 is 0 Å². The summed E-state index contributed by atoms with van der Waals surface area (Å²) >= 11 is 0. The average molecular weight is 264 g/mol. The van der Waals surface area contributed by atoms with Gasteiger partial charge in [0.1, 0.15) is 0 Å². The molecule has 0 aromatic heterocycles. The maximum absolute atomic E-state index is 2.34. The lowest BCUT2D eigenvalue weighted by Crippen LogP contribution is -2.01. The van der Waals surface area contributed by atoms with Crippen LogP contribution in [0.4, 0.5) is 0 Å². The van der Waals surface area contributed by atoms with Crippen molar-refractivity contribution in [2.24, 2.45) is 0 Å². The minimum absolute atomic E-state index is 1.22. The molecule has 0 radical (unpaired) electrons. The van der Waals surface area contributed by atoms with Gasteiger partial charge in [-0.25, -0.2) is 0 Å². The fraction of sp³-hybridized carbons (Fsp3) is 0.789. The Morgan fingerprint density at radius 1 is 0.474 bits per heavy atom. The molecule has 0 heterocycles. The first-order chi connectivity index (χ1) is 9.19. The Morgan fingerprint density at radius 3 is 1.16 bits per heavy atom. The Bertz CT molecular complexity index is 285. The second-order valence-electron chi connectivity index (χ2n) is 5.47. The van der Waals surface area contributed by atoms with Gasteiger partial charge in [-0.3, -0.25) is 0 Å². The lowest BCUT2D eigenvalue weighted by atomic mass is 9.85. The molecule has 0 heteroatoms. The Kier molecular flexibility index (Phi) is 11.0. The van der Waals surface area contributed by atoms with Crippen LogP contribution in [0.15, 0.2) is 22.3 Å². The summed E-state index contributed by atoms with van der Waals surface area (Å²) < 4.78 is 0. The SMILES string of the molecule is CCCC(=C(CC)CC)/C(CCC)=C(/CC)CCC. The van der Waals surface area contributed by atoms with Crippen molar-refractivity contribution in [1.82, 2.24) is 0 Å². The van der Waals surface area contributed by atoms with E-state index in [0.717, 1.165) is 0 Å². The van der Waals surface area contributed by atoms with Crippen LogP contribution < -0.4 is 0 Å². The largest absolute Gasteiger partial charge is 0.0673 e. The summed E-state index contributed by atoms with van der Waals surface area (Å²) in [6, 6.07) is 0. The van der Waals surface area contributed by atoms with E-state index in [0.29, 0.717) is 0 Å². The first kappa shape index (κ1) is 18.5. The van der Waals surface area contributed by atoms with Crippen molar-refractivity contribution in [1.29, 1.82) is 0 Å². The highest BCUT2D eigenvalue weighted by molar-refractivity contribution is 5.39. The van der Waals surface area contributed by atoms with Crippen molar-refractivity contribution in [3.63, 3.8) is 0 Å². The fourth-order valence-corrected chi connectivity index (χ4v) is 3.10. The molecule has 0 N–H and O–H groups in total. The van der Waals surface area contributed by atoms with Gasteiger partial charge in [0.2, 0.25) is 0 Å². The van der Waals surface area contributed by atoms with Crippen molar-refractivity contribution in [2.45, 2.75) is 99.3 Å². The highest BCUT2D eigenvalue weighted by atomic mass is 14.2. The number of hydrogen-bond acceptors (Lipinski definition) is 0. The molecule has 0 fully saturated rings. The van der Waals surface area contributed by atoms with Crippen LogP contribution >= 0.6 is 0 Å². The molecule has 0 aliphatic carbocycles. The van der Waals surface area contributed by atoms with Crippen LogP contribution in [0.25, 0.3) is 0 Å². The minimum atomic E-state index is 1.22. The van der Waals surface area contributed by atoms with E-state index < -0.39 is 0 Å². The Labute approximate surface area is 122 Å². The van der Waals surface area contributed by atoms with Gasteiger partial charge in [-0.15, -0.1) is 0 Å². The second kappa shape index (κ2) is 11.3. The quantitative estimate of drug-likeness (QED) is 0.366. The molecule has 0 saturated heterocycles. The molecule has 0 bridgehead atoms. The molecular weight excluding hydrogens is 228 g/mol. The molecule has 0 saturated carbocycles. The maximum Gasteiger partial charge on any atom is -0.0279 e. The van der Waals surface area contributed by atoms with Gasteiger partial charge in [-0.05, 0) is 49.7 Å². The molecule has 0 rings (SSSR count). The van der Waals surface area contributed by atoms with E-state index in [1.54, 1.807) is 22.3 Å². The zero-order chi connectivity index (χ0) is 14.7. The standard InChI is InChI=1S/C19H36/c1-7-13-17(12-6)19(15-9-3)18(14-8-2)16(10-4)11-5/h7-15H2,1-6H3/b19-17-. The molecule has 0 amide bonds. The average Bonchev–Trinajstić information content (AvgIpc) is 2.43.